The van der Waals surface area contributed by atoms with E-state index in [0.717, 1.165) is 5.56 Å². The van der Waals surface area contributed by atoms with E-state index in [2.05, 4.69) is 49.0 Å². The molecule has 0 bridgehead atoms. The molecule has 1 aromatic rings. The van der Waals surface area contributed by atoms with Gasteiger partial charge < -0.3 is 5.73 Å². The molecule has 1 rings (SSSR count). The summed E-state index contributed by atoms with van der Waals surface area (Å²) in [5.74, 6) is 0.192. The highest BCUT2D eigenvalue weighted by Gasteiger charge is 1.98. The van der Waals surface area contributed by atoms with Gasteiger partial charge in [0.15, 0.2) is 5.11 Å². The zero-order chi connectivity index (χ0) is 13.5. The molecule has 0 aliphatic rings. The fourth-order valence-corrected chi connectivity index (χ4v) is 1.38. The Morgan fingerprint density at radius 3 is 2.39 bits per heavy atom. The first-order chi connectivity index (χ1) is 8.49. The molecular weight excluding hydrogens is 246 g/mol. The predicted molar refractivity (Wildman–Crippen MR) is 77.6 cm³/mol. The van der Waals surface area contributed by atoms with Gasteiger partial charge in [-0.1, -0.05) is 38.1 Å². The van der Waals surface area contributed by atoms with Gasteiger partial charge in [0.05, 0.1) is 0 Å². The van der Waals surface area contributed by atoms with Gasteiger partial charge in [0.1, 0.15) is 0 Å². The molecular formula is C13H17N3OS. The van der Waals surface area contributed by atoms with Crippen molar-refractivity contribution in [3.8, 4) is 0 Å². The van der Waals surface area contributed by atoms with Gasteiger partial charge in [0.25, 0.3) is 5.91 Å². The number of carbonyl (C=O) groups is 1. The molecule has 0 aromatic heterocycles. The minimum Gasteiger partial charge on any atom is -0.375 e. The van der Waals surface area contributed by atoms with Crippen molar-refractivity contribution in [2.45, 2.75) is 19.8 Å². The van der Waals surface area contributed by atoms with Crippen molar-refractivity contribution >= 4 is 29.3 Å². The lowest BCUT2D eigenvalue weighted by atomic mass is 10.0. The van der Waals surface area contributed by atoms with Crippen molar-refractivity contribution in [1.82, 2.24) is 10.9 Å². The van der Waals surface area contributed by atoms with Gasteiger partial charge in [-0.15, -0.1) is 0 Å². The van der Waals surface area contributed by atoms with E-state index in [1.807, 2.05) is 12.1 Å². The van der Waals surface area contributed by atoms with Gasteiger partial charge in [-0.2, -0.15) is 0 Å². The summed E-state index contributed by atoms with van der Waals surface area (Å²) in [6, 6.07) is 8.05. The number of benzene rings is 1. The molecule has 0 fully saturated rings. The summed E-state index contributed by atoms with van der Waals surface area (Å²) in [4.78, 5) is 11.3. The van der Waals surface area contributed by atoms with E-state index in [1.54, 1.807) is 6.08 Å². The lowest BCUT2D eigenvalue weighted by Crippen LogP contribution is -2.43. The summed E-state index contributed by atoms with van der Waals surface area (Å²) in [6.07, 6.45) is 3.14. The lowest BCUT2D eigenvalue weighted by molar-refractivity contribution is -0.116. The molecule has 0 aliphatic heterocycles. The summed E-state index contributed by atoms with van der Waals surface area (Å²) >= 11 is 4.56. The highest BCUT2D eigenvalue weighted by molar-refractivity contribution is 7.80. The number of hydrogen-bond acceptors (Lipinski definition) is 2. The van der Waals surface area contributed by atoms with E-state index in [4.69, 9.17) is 5.73 Å². The Morgan fingerprint density at radius 1 is 1.28 bits per heavy atom. The van der Waals surface area contributed by atoms with Crippen LogP contribution in [0.3, 0.4) is 0 Å². The molecule has 0 radical (unpaired) electrons. The van der Waals surface area contributed by atoms with E-state index in [-0.39, 0.29) is 11.0 Å². The van der Waals surface area contributed by atoms with Crippen LogP contribution in [-0.2, 0) is 4.79 Å². The molecule has 5 heteroatoms. The molecule has 18 heavy (non-hydrogen) atoms. The Hall–Kier alpha value is -1.88. The fourth-order valence-electron chi connectivity index (χ4n) is 1.33. The molecule has 0 saturated heterocycles. The number of thiocarbonyl (C=S) groups is 1. The zero-order valence-corrected chi connectivity index (χ0v) is 11.3. The maximum Gasteiger partial charge on any atom is 0.262 e. The Kier molecular flexibility index (Phi) is 5.32. The normalized spacial score (nSPS) is 10.6. The average Bonchev–Trinajstić information content (AvgIpc) is 2.34. The summed E-state index contributed by atoms with van der Waals surface area (Å²) < 4.78 is 0. The molecule has 1 amide bonds. The first-order valence-electron chi connectivity index (χ1n) is 5.62. The monoisotopic (exact) mass is 263 g/mol. The molecule has 0 unspecified atom stereocenters. The van der Waals surface area contributed by atoms with Crippen molar-refractivity contribution in [2.75, 3.05) is 0 Å². The van der Waals surface area contributed by atoms with Gasteiger partial charge in [0, 0.05) is 6.08 Å². The maximum atomic E-state index is 11.3. The van der Waals surface area contributed by atoms with Crippen LogP contribution in [0, 0.1) is 0 Å². The number of carbonyl (C=O) groups excluding carboxylic acids is 1. The van der Waals surface area contributed by atoms with Crippen LogP contribution in [0.4, 0.5) is 0 Å². The Labute approximate surface area is 112 Å². The van der Waals surface area contributed by atoms with Gasteiger partial charge in [-0.3, -0.25) is 15.6 Å². The molecule has 0 aliphatic carbocycles. The quantitative estimate of drug-likeness (QED) is 0.441. The van der Waals surface area contributed by atoms with E-state index >= 15 is 0 Å². The molecule has 4 N–H and O–H groups in total. The minimum atomic E-state index is -0.310. The Morgan fingerprint density at radius 2 is 1.89 bits per heavy atom. The van der Waals surface area contributed by atoms with E-state index < -0.39 is 0 Å². The van der Waals surface area contributed by atoms with Crippen LogP contribution >= 0.6 is 12.2 Å². The first kappa shape index (κ1) is 14.2. The molecule has 0 spiro atoms. The average molecular weight is 263 g/mol. The van der Waals surface area contributed by atoms with Crippen LogP contribution in [0.2, 0.25) is 0 Å². The van der Waals surface area contributed by atoms with Crippen molar-refractivity contribution in [3.05, 3.63) is 41.5 Å². The Bertz CT molecular complexity index is 452. The summed E-state index contributed by atoms with van der Waals surface area (Å²) in [7, 11) is 0. The number of amides is 1. The second-order valence-corrected chi connectivity index (χ2v) is 4.57. The van der Waals surface area contributed by atoms with E-state index in [0.29, 0.717) is 5.92 Å². The number of nitrogens with one attached hydrogen (secondary N) is 2. The maximum absolute atomic E-state index is 11.3. The van der Waals surface area contributed by atoms with Crippen LogP contribution in [0.1, 0.15) is 30.9 Å². The van der Waals surface area contributed by atoms with Crippen LogP contribution in [0.25, 0.3) is 6.08 Å². The van der Waals surface area contributed by atoms with Crippen molar-refractivity contribution in [1.29, 1.82) is 0 Å². The summed E-state index contributed by atoms with van der Waals surface area (Å²) in [5.41, 5.74) is 12.1. The molecule has 0 atom stereocenters. The number of hydrazine groups is 1. The van der Waals surface area contributed by atoms with Crippen molar-refractivity contribution < 1.29 is 4.79 Å². The standard InChI is InChI=1S/C13H17N3OS/c1-9(2)11-6-3-10(4-7-11)5-8-12(17)15-16-13(14)18/h3-9H,1-2H3,(H,15,17)(H3,14,16,18)/b8-5+. The van der Waals surface area contributed by atoms with Crippen LogP contribution in [0.15, 0.2) is 30.3 Å². The number of rotatable bonds is 3. The van der Waals surface area contributed by atoms with Crippen molar-refractivity contribution in [2.24, 2.45) is 5.73 Å². The van der Waals surface area contributed by atoms with E-state index in [1.165, 1.54) is 11.6 Å². The minimum absolute atomic E-state index is 0.0260. The van der Waals surface area contributed by atoms with Crippen LogP contribution in [0.5, 0.6) is 0 Å². The molecule has 1 aromatic carbocycles. The van der Waals surface area contributed by atoms with Gasteiger partial charge >= 0.3 is 0 Å². The zero-order valence-electron chi connectivity index (χ0n) is 10.4. The van der Waals surface area contributed by atoms with Gasteiger partial charge in [0.2, 0.25) is 0 Å². The van der Waals surface area contributed by atoms with E-state index in [9.17, 15) is 4.79 Å². The largest absolute Gasteiger partial charge is 0.375 e. The fraction of sp³-hybridized carbons (Fsp3) is 0.231. The molecule has 0 heterocycles. The molecule has 4 nitrogen and oxygen atoms in total. The summed E-state index contributed by atoms with van der Waals surface area (Å²) in [6.45, 7) is 4.28. The smallest absolute Gasteiger partial charge is 0.262 e. The second-order valence-electron chi connectivity index (χ2n) is 4.13. The van der Waals surface area contributed by atoms with Crippen molar-refractivity contribution in [3.63, 3.8) is 0 Å². The second kappa shape index (κ2) is 6.76. The van der Waals surface area contributed by atoms with Gasteiger partial charge in [-0.05, 0) is 35.3 Å². The summed E-state index contributed by atoms with van der Waals surface area (Å²) in [5, 5.41) is 0.0260. The Balaban J connectivity index is 2.56. The highest BCUT2D eigenvalue weighted by atomic mass is 32.1. The third-order valence-corrected chi connectivity index (χ3v) is 2.44. The third kappa shape index (κ3) is 4.97. The molecule has 96 valence electrons. The molecule has 0 saturated carbocycles. The highest BCUT2D eigenvalue weighted by Crippen LogP contribution is 2.15. The number of nitrogens with two attached hydrogens (primary N) is 1. The van der Waals surface area contributed by atoms with Crippen LogP contribution < -0.4 is 16.6 Å². The SMILES string of the molecule is CC(C)c1ccc(/C=C/C(=O)NNC(N)=S)cc1. The topological polar surface area (TPSA) is 67.2 Å². The van der Waals surface area contributed by atoms with Crippen LogP contribution in [-0.4, -0.2) is 11.0 Å². The predicted octanol–water partition coefficient (Wildman–Crippen LogP) is 1.69. The van der Waals surface area contributed by atoms with Gasteiger partial charge in [-0.25, -0.2) is 0 Å². The third-order valence-electron chi connectivity index (χ3n) is 2.34. The first-order valence-corrected chi connectivity index (χ1v) is 6.03. The number of hydrogen-bond donors (Lipinski definition) is 3. The lowest BCUT2D eigenvalue weighted by Gasteiger charge is -2.05.